The van der Waals surface area contributed by atoms with Crippen molar-refractivity contribution in [1.29, 1.82) is 0 Å². The number of nitrogens with two attached hydrogens (primary N) is 1. The number of unbranched alkanes of at least 4 members (excludes halogenated alkanes) is 8. The lowest BCUT2D eigenvalue weighted by molar-refractivity contribution is -0.778. The van der Waals surface area contributed by atoms with Crippen molar-refractivity contribution in [2.75, 3.05) is 19.6 Å². The summed E-state index contributed by atoms with van der Waals surface area (Å²) < 4.78 is 0.295. The molecule has 0 aromatic heterocycles. The van der Waals surface area contributed by atoms with Crippen molar-refractivity contribution in [3.63, 3.8) is 0 Å². The summed E-state index contributed by atoms with van der Waals surface area (Å²) >= 11 is 0. The normalized spacial score (nSPS) is 19.4. The average molecular weight is 365 g/mol. The number of allylic oxidation sites excluding steroid dienone is 2. The molecule has 148 valence electrons. The molecule has 5 nitrogen and oxygen atoms in total. The Morgan fingerprint density at radius 1 is 1.12 bits per heavy atom. The Kier molecular flexibility index (Phi) is 11.9. The van der Waals surface area contributed by atoms with E-state index in [4.69, 9.17) is 5.73 Å². The second-order valence-corrected chi connectivity index (χ2v) is 7.22. The minimum atomic E-state index is -0.808. The molecular formula is C21H38N3O2+. The van der Waals surface area contributed by atoms with Gasteiger partial charge in [-0.2, -0.15) is 0 Å². The van der Waals surface area contributed by atoms with Crippen molar-refractivity contribution in [2.24, 2.45) is 10.7 Å². The summed E-state index contributed by atoms with van der Waals surface area (Å²) in [6.45, 7) is 3.34. The van der Waals surface area contributed by atoms with Crippen LogP contribution in [0.25, 0.3) is 0 Å². The van der Waals surface area contributed by atoms with Crippen molar-refractivity contribution in [3.05, 3.63) is 24.6 Å². The van der Waals surface area contributed by atoms with Crippen LogP contribution < -0.4 is 5.73 Å². The number of hydrogen-bond acceptors (Lipinski definition) is 3. The number of carboxylic acid groups (broad SMARTS) is 1. The Labute approximate surface area is 159 Å². The molecule has 1 unspecified atom stereocenters. The first-order valence-corrected chi connectivity index (χ1v) is 10.3. The van der Waals surface area contributed by atoms with Crippen LogP contribution in [0.4, 0.5) is 0 Å². The smallest absolute Gasteiger partial charge is 0.360 e. The van der Waals surface area contributed by atoms with E-state index < -0.39 is 5.97 Å². The van der Waals surface area contributed by atoms with Crippen LogP contribution in [0.15, 0.2) is 29.5 Å². The van der Waals surface area contributed by atoms with Crippen LogP contribution in [0, 0.1) is 0 Å². The van der Waals surface area contributed by atoms with Crippen molar-refractivity contribution in [1.82, 2.24) is 0 Å². The first kappa shape index (κ1) is 22.6. The van der Waals surface area contributed by atoms with Gasteiger partial charge in [-0.25, -0.2) is 14.3 Å². The van der Waals surface area contributed by atoms with E-state index in [1.807, 2.05) is 6.20 Å². The fourth-order valence-corrected chi connectivity index (χ4v) is 3.46. The van der Waals surface area contributed by atoms with Crippen LogP contribution in [0.1, 0.15) is 77.6 Å². The maximum absolute atomic E-state index is 11.2. The Morgan fingerprint density at radius 2 is 1.77 bits per heavy atom. The number of hydrogen-bond donors (Lipinski definition) is 2. The van der Waals surface area contributed by atoms with Gasteiger partial charge in [0.25, 0.3) is 0 Å². The van der Waals surface area contributed by atoms with Crippen molar-refractivity contribution >= 4 is 11.8 Å². The molecule has 0 saturated carbocycles. The van der Waals surface area contributed by atoms with Crippen LogP contribution in [-0.2, 0) is 4.79 Å². The number of carbonyl (C=O) groups is 1. The first-order chi connectivity index (χ1) is 12.6. The van der Waals surface area contributed by atoms with Gasteiger partial charge in [0.15, 0.2) is 6.54 Å². The molecule has 1 aliphatic rings. The lowest BCUT2D eigenvalue weighted by atomic mass is 10.1. The Balaban J connectivity index is 2.16. The molecule has 1 heterocycles. The molecule has 0 amide bonds. The van der Waals surface area contributed by atoms with E-state index >= 15 is 0 Å². The fourth-order valence-electron chi connectivity index (χ4n) is 3.46. The van der Waals surface area contributed by atoms with Gasteiger partial charge >= 0.3 is 5.97 Å². The molecule has 0 saturated heterocycles. The van der Waals surface area contributed by atoms with Crippen LogP contribution >= 0.6 is 0 Å². The van der Waals surface area contributed by atoms with Crippen LogP contribution in [0.5, 0.6) is 0 Å². The zero-order valence-corrected chi connectivity index (χ0v) is 16.5. The highest BCUT2D eigenvalue weighted by Crippen LogP contribution is 2.21. The summed E-state index contributed by atoms with van der Waals surface area (Å²) in [7, 11) is 0. The lowest BCUT2D eigenvalue weighted by Gasteiger charge is -2.30. The zero-order chi connectivity index (χ0) is 19.1. The van der Waals surface area contributed by atoms with E-state index in [0.717, 1.165) is 31.5 Å². The molecule has 0 fully saturated rings. The predicted octanol–water partition coefficient (Wildman–Crippen LogP) is 4.60. The third-order valence-electron chi connectivity index (χ3n) is 4.95. The number of nitrogens with zero attached hydrogens (tertiary/aromatic N) is 2. The zero-order valence-electron chi connectivity index (χ0n) is 16.5. The van der Waals surface area contributed by atoms with E-state index in [9.17, 15) is 9.90 Å². The first-order valence-electron chi connectivity index (χ1n) is 10.3. The molecule has 5 heteroatoms. The molecule has 1 rings (SSSR count). The Hall–Kier alpha value is -1.46. The van der Waals surface area contributed by atoms with Crippen molar-refractivity contribution in [3.8, 4) is 0 Å². The summed E-state index contributed by atoms with van der Waals surface area (Å²) in [5, 5.41) is 9.20. The van der Waals surface area contributed by atoms with E-state index in [1.54, 1.807) is 6.20 Å². The fraction of sp³-hybridized carbons (Fsp3) is 0.714. The van der Waals surface area contributed by atoms with Gasteiger partial charge in [-0.05, 0) is 32.1 Å². The van der Waals surface area contributed by atoms with Crippen molar-refractivity contribution < 1.29 is 14.4 Å². The molecule has 0 radical (unpaired) electrons. The number of amidine groups is 1. The van der Waals surface area contributed by atoms with Crippen LogP contribution in [0.2, 0.25) is 0 Å². The van der Waals surface area contributed by atoms with Gasteiger partial charge in [0, 0.05) is 13.0 Å². The SMILES string of the molecule is CCCCCCC/C=C/CCCCCC1=NC=C[N+]1(CCN)CC(=O)O. The quantitative estimate of drug-likeness (QED) is 0.239. The maximum Gasteiger partial charge on any atom is 0.360 e. The summed E-state index contributed by atoms with van der Waals surface area (Å²) in [6.07, 6.45) is 21.5. The van der Waals surface area contributed by atoms with Gasteiger partial charge in [-0.15, -0.1) is 0 Å². The second kappa shape index (κ2) is 13.7. The number of quaternary nitrogens is 1. The molecule has 0 spiro atoms. The molecule has 1 aliphatic heterocycles. The Morgan fingerprint density at radius 3 is 2.38 bits per heavy atom. The number of aliphatic carboxylic acids is 1. The average Bonchev–Trinajstić information content (AvgIpc) is 2.97. The minimum Gasteiger partial charge on any atom is -0.477 e. The van der Waals surface area contributed by atoms with Crippen LogP contribution in [-0.4, -0.2) is 41.0 Å². The van der Waals surface area contributed by atoms with Gasteiger partial charge in [0.05, 0.1) is 6.20 Å². The highest BCUT2D eigenvalue weighted by molar-refractivity contribution is 5.81. The number of carboxylic acids is 1. The number of rotatable bonds is 16. The highest BCUT2D eigenvalue weighted by atomic mass is 16.4. The van der Waals surface area contributed by atoms with Gasteiger partial charge < -0.3 is 10.8 Å². The minimum absolute atomic E-state index is 0.0352. The van der Waals surface area contributed by atoms with E-state index in [2.05, 4.69) is 24.1 Å². The van der Waals surface area contributed by atoms with Gasteiger partial charge in [0.2, 0.25) is 5.84 Å². The highest BCUT2D eigenvalue weighted by Gasteiger charge is 2.36. The van der Waals surface area contributed by atoms with Crippen LogP contribution in [0.3, 0.4) is 0 Å². The maximum atomic E-state index is 11.2. The number of aliphatic imine (C=N–C) groups is 1. The largest absolute Gasteiger partial charge is 0.477 e. The van der Waals surface area contributed by atoms with E-state index in [-0.39, 0.29) is 6.54 Å². The Bertz CT molecular complexity index is 486. The van der Waals surface area contributed by atoms with Gasteiger partial charge in [-0.3, -0.25) is 0 Å². The summed E-state index contributed by atoms with van der Waals surface area (Å²) in [5.41, 5.74) is 5.69. The van der Waals surface area contributed by atoms with Gasteiger partial charge in [0.1, 0.15) is 12.7 Å². The summed E-state index contributed by atoms with van der Waals surface area (Å²) in [6, 6.07) is 0. The van der Waals surface area contributed by atoms with Gasteiger partial charge in [-0.1, -0.05) is 51.2 Å². The second-order valence-electron chi connectivity index (χ2n) is 7.22. The predicted molar refractivity (Wildman–Crippen MR) is 109 cm³/mol. The molecular weight excluding hydrogens is 326 g/mol. The topological polar surface area (TPSA) is 75.7 Å². The third-order valence-corrected chi connectivity index (χ3v) is 4.95. The lowest BCUT2D eigenvalue weighted by Crippen LogP contribution is -2.52. The van der Waals surface area contributed by atoms with E-state index in [1.165, 1.54) is 44.9 Å². The molecule has 3 N–H and O–H groups in total. The standard InChI is InChI=1S/C21H37N3O2/c1-2-3-4-5-6-7-8-9-10-11-12-13-14-20-23-16-18-24(20,17-15-22)19-21(25)26/h8-9,16,18H,2-7,10-15,17,19,22H2,1H3/p+1/b9-8+. The molecule has 0 aliphatic carbocycles. The molecule has 0 aromatic carbocycles. The third kappa shape index (κ3) is 8.77. The monoisotopic (exact) mass is 364 g/mol. The van der Waals surface area contributed by atoms with E-state index in [0.29, 0.717) is 17.6 Å². The summed E-state index contributed by atoms with van der Waals surface area (Å²) in [5.74, 6) is 0.137. The molecule has 1 atom stereocenters. The molecule has 0 aromatic rings. The molecule has 0 bridgehead atoms. The molecule has 26 heavy (non-hydrogen) atoms. The summed E-state index contributed by atoms with van der Waals surface area (Å²) in [4.78, 5) is 15.6. The van der Waals surface area contributed by atoms with Crippen molar-refractivity contribution in [2.45, 2.75) is 77.6 Å².